The summed E-state index contributed by atoms with van der Waals surface area (Å²) in [5, 5.41) is 0. The number of nitrogen functional groups attached to an aromatic ring is 1. The molecule has 2 aromatic rings. The van der Waals surface area contributed by atoms with Crippen molar-refractivity contribution in [3.8, 4) is 0 Å². The first-order chi connectivity index (χ1) is 8.58. The zero-order valence-corrected chi connectivity index (χ0v) is 12.2. The highest BCUT2D eigenvalue weighted by atomic mass is 79.9. The number of nitrogens with two attached hydrogens (primary N) is 1. The molecule has 3 heteroatoms. The number of benzene rings is 2. The molecular weight excluding hydrogens is 288 g/mol. The van der Waals surface area contributed by atoms with Gasteiger partial charge >= 0.3 is 0 Å². The molecule has 0 saturated carbocycles. The Morgan fingerprint density at radius 3 is 2.61 bits per heavy atom. The van der Waals surface area contributed by atoms with Crippen LogP contribution in [0.4, 0.5) is 11.4 Å². The summed E-state index contributed by atoms with van der Waals surface area (Å²) in [6, 6.07) is 14.3. The minimum Gasteiger partial charge on any atom is -0.397 e. The molecule has 0 unspecified atom stereocenters. The second-order valence-corrected chi connectivity index (χ2v) is 5.40. The van der Waals surface area contributed by atoms with Gasteiger partial charge in [-0.15, -0.1) is 0 Å². The van der Waals surface area contributed by atoms with Gasteiger partial charge in [0.05, 0.1) is 11.4 Å². The first-order valence-electron chi connectivity index (χ1n) is 5.88. The second-order valence-electron chi connectivity index (χ2n) is 4.49. The molecule has 0 aliphatic rings. The van der Waals surface area contributed by atoms with Gasteiger partial charge in [-0.25, -0.2) is 0 Å². The third-order valence-electron chi connectivity index (χ3n) is 3.07. The fourth-order valence-electron chi connectivity index (χ4n) is 1.98. The Morgan fingerprint density at radius 2 is 1.89 bits per heavy atom. The Balaban J connectivity index is 2.25. The third kappa shape index (κ3) is 2.85. The molecule has 0 saturated heterocycles. The third-order valence-corrected chi connectivity index (χ3v) is 3.57. The lowest BCUT2D eigenvalue weighted by Crippen LogP contribution is -2.18. The van der Waals surface area contributed by atoms with E-state index in [0.29, 0.717) is 0 Å². The zero-order valence-electron chi connectivity index (χ0n) is 10.7. The molecule has 0 heterocycles. The Morgan fingerprint density at radius 1 is 1.17 bits per heavy atom. The summed E-state index contributed by atoms with van der Waals surface area (Å²) >= 11 is 3.48. The van der Waals surface area contributed by atoms with Crippen LogP contribution in [0.3, 0.4) is 0 Å². The van der Waals surface area contributed by atoms with Crippen LogP contribution in [-0.4, -0.2) is 7.05 Å². The number of halogens is 1. The summed E-state index contributed by atoms with van der Waals surface area (Å²) in [5.41, 5.74) is 10.5. The predicted molar refractivity (Wildman–Crippen MR) is 81.8 cm³/mol. The zero-order chi connectivity index (χ0) is 13.1. The van der Waals surface area contributed by atoms with Crippen LogP contribution in [-0.2, 0) is 6.54 Å². The standard InChI is InChI=1S/C15H17BrN2/c1-11-5-3-4-6-12(11)10-18(2)15-9-13(16)7-8-14(15)17/h3-9H,10,17H2,1-2H3. The van der Waals surface area contributed by atoms with Gasteiger partial charge in [0.1, 0.15) is 0 Å². The van der Waals surface area contributed by atoms with Crippen LogP contribution >= 0.6 is 15.9 Å². The highest BCUT2D eigenvalue weighted by Crippen LogP contribution is 2.27. The van der Waals surface area contributed by atoms with E-state index in [9.17, 15) is 0 Å². The molecule has 2 nitrogen and oxygen atoms in total. The van der Waals surface area contributed by atoms with Crippen molar-refractivity contribution in [3.63, 3.8) is 0 Å². The average molecular weight is 305 g/mol. The van der Waals surface area contributed by atoms with Gasteiger partial charge in [-0.05, 0) is 36.2 Å². The summed E-state index contributed by atoms with van der Waals surface area (Å²) in [6.45, 7) is 2.99. The minimum atomic E-state index is 0.800. The van der Waals surface area contributed by atoms with Crippen LogP contribution in [0.25, 0.3) is 0 Å². The molecule has 0 spiro atoms. The maximum atomic E-state index is 6.02. The second kappa shape index (κ2) is 5.44. The lowest BCUT2D eigenvalue weighted by molar-refractivity contribution is 0.915. The van der Waals surface area contributed by atoms with Crippen molar-refractivity contribution in [2.75, 3.05) is 17.7 Å². The van der Waals surface area contributed by atoms with Gasteiger partial charge in [0, 0.05) is 18.1 Å². The first kappa shape index (κ1) is 13.0. The number of rotatable bonds is 3. The number of nitrogens with zero attached hydrogens (tertiary/aromatic N) is 1. The number of anilines is 2. The largest absolute Gasteiger partial charge is 0.397 e. The molecule has 0 aromatic heterocycles. The molecule has 2 aromatic carbocycles. The Bertz CT molecular complexity index is 552. The highest BCUT2D eigenvalue weighted by Gasteiger charge is 2.07. The van der Waals surface area contributed by atoms with Crippen molar-refractivity contribution in [1.29, 1.82) is 0 Å². The fourth-order valence-corrected chi connectivity index (χ4v) is 2.32. The van der Waals surface area contributed by atoms with Crippen molar-refractivity contribution in [2.45, 2.75) is 13.5 Å². The van der Waals surface area contributed by atoms with E-state index in [1.807, 2.05) is 18.2 Å². The smallest absolute Gasteiger partial charge is 0.0611 e. The summed E-state index contributed by atoms with van der Waals surface area (Å²) in [5.74, 6) is 0. The molecule has 0 radical (unpaired) electrons. The first-order valence-corrected chi connectivity index (χ1v) is 6.68. The quantitative estimate of drug-likeness (QED) is 0.869. The maximum absolute atomic E-state index is 6.02. The van der Waals surface area contributed by atoms with Crippen molar-refractivity contribution < 1.29 is 0 Å². The number of aryl methyl sites for hydroxylation is 1. The van der Waals surface area contributed by atoms with Gasteiger partial charge in [0.2, 0.25) is 0 Å². The molecule has 0 aliphatic heterocycles. The van der Waals surface area contributed by atoms with Crippen LogP contribution in [0.1, 0.15) is 11.1 Å². The molecule has 2 N–H and O–H groups in total. The van der Waals surface area contributed by atoms with Crippen molar-refractivity contribution in [3.05, 3.63) is 58.1 Å². The van der Waals surface area contributed by atoms with Crippen LogP contribution in [0.2, 0.25) is 0 Å². The minimum absolute atomic E-state index is 0.800. The lowest BCUT2D eigenvalue weighted by atomic mass is 10.1. The van der Waals surface area contributed by atoms with E-state index in [4.69, 9.17) is 5.73 Å². The van der Waals surface area contributed by atoms with E-state index in [0.717, 1.165) is 22.4 Å². The summed E-state index contributed by atoms with van der Waals surface area (Å²) in [7, 11) is 2.06. The highest BCUT2D eigenvalue weighted by molar-refractivity contribution is 9.10. The Labute approximate surface area is 117 Å². The van der Waals surface area contributed by atoms with Crippen LogP contribution < -0.4 is 10.6 Å². The van der Waals surface area contributed by atoms with Crippen LogP contribution in [0.15, 0.2) is 46.9 Å². The lowest BCUT2D eigenvalue weighted by Gasteiger charge is -2.22. The van der Waals surface area contributed by atoms with Crippen molar-refractivity contribution in [1.82, 2.24) is 0 Å². The normalized spacial score (nSPS) is 10.4. The number of hydrogen-bond donors (Lipinski definition) is 1. The molecule has 94 valence electrons. The molecule has 18 heavy (non-hydrogen) atoms. The van der Waals surface area contributed by atoms with Crippen molar-refractivity contribution >= 4 is 27.3 Å². The van der Waals surface area contributed by atoms with E-state index < -0.39 is 0 Å². The van der Waals surface area contributed by atoms with E-state index in [-0.39, 0.29) is 0 Å². The Hall–Kier alpha value is -1.48. The predicted octanol–water partition coefficient (Wildman–Crippen LogP) is 3.98. The van der Waals surface area contributed by atoms with Crippen LogP contribution in [0.5, 0.6) is 0 Å². The number of hydrogen-bond acceptors (Lipinski definition) is 2. The monoisotopic (exact) mass is 304 g/mol. The average Bonchev–Trinajstić information content (AvgIpc) is 2.35. The molecule has 0 fully saturated rings. The van der Waals surface area contributed by atoms with E-state index in [1.54, 1.807) is 0 Å². The van der Waals surface area contributed by atoms with Gasteiger partial charge in [0.25, 0.3) is 0 Å². The summed E-state index contributed by atoms with van der Waals surface area (Å²) < 4.78 is 1.04. The molecule has 0 amide bonds. The van der Waals surface area contributed by atoms with Gasteiger partial charge in [-0.1, -0.05) is 40.2 Å². The fraction of sp³-hybridized carbons (Fsp3) is 0.200. The van der Waals surface area contributed by atoms with Gasteiger partial charge in [0.15, 0.2) is 0 Å². The summed E-state index contributed by atoms with van der Waals surface area (Å²) in [4.78, 5) is 2.17. The SMILES string of the molecule is Cc1ccccc1CN(C)c1cc(Br)ccc1N. The van der Waals surface area contributed by atoms with Gasteiger partial charge in [-0.3, -0.25) is 0 Å². The van der Waals surface area contributed by atoms with Gasteiger partial charge in [-0.2, -0.15) is 0 Å². The van der Waals surface area contributed by atoms with E-state index >= 15 is 0 Å². The maximum Gasteiger partial charge on any atom is 0.0611 e. The van der Waals surface area contributed by atoms with E-state index in [1.165, 1.54) is 11.1 Å². The van der Waals surface area contributed by atoms with Gasteiger partial charge < -0.3 is 10.6 Å². The topological polar surface area (TPSA) is 29.3 Å². The summed E-state index contributed by atoms with van der Waals surface area (Å²) in [6.07, 6.45) is 0. The van der Waals surface area contributed by atoms with Crippen LogP contribution in [0, 0.1) is 6.92 Å². The molecule has 0 aliphatic carbocycles. The van der Waals surface area contributed by atoms with Crippen molar-refractivity contribution in [2.24, 2.45) is 0 Å². The molecule has 0 atom stereocenters. The van der Waals surface area contributed by atoms with E-state index in [2.05, 4.69) is 59.1 Å². The molecule has 0 bridgehead atoms. The molecule has 2 rings (SSSR count). The molecular formula is C15H17BrN2. The Kier molecular flexibility index (Phi) is 3.92.